The zero-order valence-electron chi connectivity index (χ0n) is 12.7. The van der Waals surface area contributed by atoms with Crippen LogP contribution in [-0.2, 0) is 0 Å². The van der Waals surface area contributed by atoms with Crippen LogP contribution in [0.4, 0.5) is 10.7 Å². The third-order valence-corrected chi connectivity index (χ3v) is 5.38. The third-order valence-electron chi connectivity index (χ3n) is 4.28. The first-order valence-corrected chi connectivity index (χ1v) is 8.53. The number of Topliss-reactive ketones (excluding diaryl/α,β-unsaturated/α-hetero) is 1. The molecular weight excluding hydrogens is 268 g/mol. The molecule has 0 atom stereocenters. The van der Waals surface area contributed by atoms with Crippen molar-refractivity contribution in [1.82, 2.24) is 0 Å². The molecule has 0 saturated heterocycles. The number of anilines is 2. The van der Waals surface area contributed by atoms with Gasteiger partial charge in [-0.2, -0.15) is 0 Å². The molecule has 112 valence electrons. The number of rotatable bonds is 5. The van der Waals surface area contributed by atoms with Crippen LogP contribution in [0, 0.1) is 11.8 Å². The molecule has 0 radical (unpaired) electrons. The van der Waals surface area contributed by atoms with Crippen LogP contribution < -0.4 is 11.1 Å². The van der Waals surface area contributed by atoms with Gasteiger partial charge in [0.25, 0.3) is 0 Å². The molecule has 0 unspecified atom stereocenters. The van der Waals surface area contributed by atoms with E-state index in [0.29, 0.717) is 16.6 Å². The maximum absolute atomic E-state index is 12.1. The molecular formula is C16H26N2OS. The van der Waals surface area contributed by atoms with Crippen LogP contribution in [0.25, 0.3) is 0 Å². The van der Waals surface area contributed by atoms with Crippen molar-refractivity contribution in [2.24, 2.45) is 11.8 Å². The Kier molecular flexibility index (Phi) is 5.08. The van der Waals surface area contributed by atoms with Crippen molar-refractivity contribution in [3.63, 3.8) is 0 Å². The van der Waals surface area contributed by atoms with Crippen LogP contribution in [0.15, 0.2) is 6.07 Å². The average Bonchev–Trinajstić information content (AvgIpc) is 2.79. The van der Waals surface area contributed by atoms with Gasteiger partial charge in [0.1, 0.15) is 0 Å². The molecule has 20 heavy (non-hydrogen) atoms. The Hall–Kier alpha value is -1.03. The fraction of sp³-hybridized carbons (Fsp3) is 0.688. The van der Waals surface area contributed by atoms with Gasteiger partial charge in [0.15, 0.2) is 5.78 Å². The Bertz CT molecular complexity index is 459. The minimum atomic E-state index is 0.00351. The lowest BCUT2D eigenvalue weighted by atomic mass is 9.84. The number of carbonyl (C=O) groups excluding carboxylic acids is 1. The highest BCUT2D eigenvalue weighted by Crippen LogP contribution is 2.34. The fourth-order valence-corrected chi connectivity index (χ4v) is 3.99. The molecule has 0 aromatic carbocycles. The second-order valence-corrected chi connectivity index (χ2v) is 7.24. The molecule has 3 N–H and O–H groups in total. The number of thiophene rings is 1. The number of nitrogen functional groups attached to an aromatic ring is 1. The summed E-state index contributed by atoms with van der Waals surface area (Å²) in [4.78, 5) is 12.8. The highest BCUT2D eigenvalue weighted by molar-refractivity contribution is 7.18. The van der Waals surface area contributed by atoms with Gasteiger partial charge in [-0.15, -0.1) is 11.3 Å². The van der Waals surface area contributed by atoms with E-state index in [0.717, 1.165) is 10.9 Å². The molecule has 1 aliphatic rings. The van der Waals surface area contributed by atoms with E-state index in [4.69, 9.17) is 5.73 Å². The van der Waals surface area contributed by atoms with E-state index < -0.39 is 0 Å². The zero-order valence-corrected chi connectivity index (χ0v) is 13.6. The first-order chi connectivity index (χ1) is 9.51. The highest BCUT2D eigenvalue weighted by atomic mass is 32.1. The first-order valence-electron chi connectivity index (χ1n) is 7.71. The molecule has 1 fully saturated rings. The Labute approximate surface area is 125 Å². The molecule has 1 aromatic rings. The predicted molar refractivity (Wildman–Crippen MR) is 87.6 cm³/mol. The molecule has 0 aliphatic heterocycles. The summed E-state index contributed by atoms with van der Waals surface area (Å²) in [5.41, 5.74) is 6.60. The van der Waals surface area contributed by atoms with Crippen molar-refractivity contribution in [3.8, 4) is 0 Å². The monoisotopic (exact) mass is 294 g/mol. The van der Waals surface area contributed by atoms with E-state index in [-0.39, 0.29) is 11.7 Å². The average molecular weight is 294 g/mol. The highest BCUT2D eigenvalue weighted by Gasteiger charge is 2.22. The maximum atomic E-state index is 12.1. The minimum absolute atomic E-state index is 0.00351. The van der Waals surface area contributed by atoms with Gasteiger partial charge in [-0.25, -0.2) is 0 Å². The van der Waals surface area contributed by atoms with Crippen LogP contribution in [0.2, 0.25) is 0 Å². The normalized spacial score (nSPS) is 23.0. The lowest BCUT2D eigenvalue weighted by molar-refractivity contribution is 0.0944. The summed E-state index contributed by atoms with van der Waals surface area (Å²) in [7, 11) is 0. The molecule has 1 aromatic heterocycles. The molecule has 0 amide bonds. The molecule has 2 rings (SSSR count). The lowest BCUT2D eigenvalue weighted by Crippen LogP contribution is -2.25. The van der Waals surface area contributed by atoms with Gasteiger partial charge in [0, 0.05) is 12.0 Å². The Morgan fingerprint density at radius 3 is 2.60 bits per heavy atom. The number of hydrogen-bond acceptors (Lipinski definition) is 4. The molecule has 0 bridgehead atoms. The Morgan fingerprint density at radius 1 is 1.40 bits per heavy atom. The fourth-order valence-electron chi connectivity index (χ4n) is 2.85. The van der Waals surface area contributed by atoms with Crippen LogP contribution in [0.3, 0.4) is 0 Å². The van der Waals surface area contributed by atoms with Crippen molar-refractivity contribution < 1.29 is 4.79 Å². The Balaban J connectivity index is 1.97. The van der Waals surface area contributed by atoms with Gasteiger partial charge >= 0.3 is 0 Å². The number of nitrogens with two attached hydrogens (primary N) is 1. The molecule has 1 aliphatic carbocycles. The van der Waals surface area contributed by atoms with E-state index in [1.165, 1.54) is 43.4 Å². The largest absolute Gasteiger partial charge is 0.397 e. The molecule has 4 heteroatoms. The summed E-state index contributed by atoms with van der Waals surface area (Å²) in [6.45, 7) is 6.11. The van der Waals surface area contributed by atoms with Gasteiger partial charge in [0.05, 0.1) is 15.6 Å². The maximum Gasteiger partial charge on any atom is 0.177 e. The van der Waals surface area contributed by atoms with E-state index in [9.17, 15) is 4.79 Å². The SMILES string of the molecule is CCC1CCC(Nc2cc(N)c(C(=O)C(C)C)s2)CC1. The minimum Gasteiger partial charge on any atom is -0.397 e. The summed E-state index contributed by atoms with van der Waals surface area (Å²) < 4.78 is 0. The van der Waals surface area contributed by atoms with Crippen molar-refractivity contribution >= 4 is 27.8 Å². The van der Waals surface area contributed by atoms with E-state index in [2.05, 4.69) is 12.2 Å². The lowest BCUT2D eigenvalue weighted by Gasteiger charge is -2.28. The number of carbonyl (C=O) groups is 1. The first kappa shape index (κ1) is 15.4. The van der Waals surface area contributed by atoms with Crippen molar-refractivity contribution in [3.05, 3.63) is 10.9 Å². The molecule has 0 spiro atoms. The van der Waals surface area contributed by atoms with Crippen LogP contribution in [0.5, 0.6) is 0 Å². The van der Waals surface area contributed by atoms with E-state index >= 15 is 0 Å². The number of ketones is 1. The molecule has 1 saturated carbocycles. The molecule has 3 nitrogen and oxygen atoms in total. The van der Waals surface area contributed by atoms with Crippen molar-refractivity contribution in [1.29, 1.82) is 0 Å². The summed E-state index contributed by atoms with van der Waals surface area (Å²) in [5.74, 6) is 1.05. The van der Waals surface area contributed by atoms with Gasteiger partial charge < -0.3 is 11.1 Å². The van der Waals surface area contributed by atoms with Crippen LogP contribution in [-0.4, -0.2) is 11.8 Å². The zero-order chi connectivity index (χ0) is 14.7. The summed E-state index contributed by atoms with van der Waals surface area (Å²) in [6.07, 6.45) is 6.37. The number of nitrogens with one attached hydrogen (secondary N) is 1. The summed E-state index contributed by atoms with van der Waals surface area (Å²) in [6, 6.07) is 2.46. The van der Waals surface area contributed by atoms with E-state index in [1.807, 2.05) is 19.9 Å². The standard InChI is InChI=1S/C16H26N2OS/c1-4-11-5-7-12(8-6-11)18-14-9-13(17)16(20-14)15(19)10(2)3/h9-12,18H,4-8,17H2,1-3H3. The summed E-state index contributed by atoms with van der Waals surface area (Å²) >= 11 is 1.51. The third kappa shape index (κ3) is 3.54. The smallest absolute Gasteiger partial charge is 0.177 e. The second-order valence-electron chi connectivity index (χ2n) is 6.18. The van der Waals surface area contributed by atoms with Gasteiger partial charge in [0.2, 0.25) is 0 Å². The number of hydrogen-bond donors (Lipinski definition) is 2. The Morgan fingerprint density at radius 2 is 2.05 bits per heavy atom. The predicted octanol–water partition coefficient (Wildman–Crippen LogP) is 4.55. The van der Waals surface area contributed by atoms with Crippen LogP contribution in [0.1, 0.15) is 62.5 Å². The quantitative estimate of drug-likeness (QED) is 0.783. The van der Waals surface area contributed by atoms with Crippen molar-refractivity contribution in [2.45, 2.75) is 58.9 Å². The van der Waals surface area contributed by atoms with Gasteiger partial charge in [-0.05, 0) is 37.7 Å². The summed E-state index contributed by atoms with van der Waals surface area (Å²) in [5, 5.41) is 4.61. The molecule has 1 heterocycles. The van der Waals surface area contributed by atoms with Crippen molar-refractivity contribution in [2.75, 3.05) is 11.1 Å². The van der Waals surface area contributed by atoms with Gasteiger partial charge in [-0.1, -0.05) is 27.2 Å². The van der Waals surface area contributed by atoms with Gasteiger partial charge in [-0.3, -0.25) is 4.79 Å². The van der Waals surface area contributed by atoms with E-state index in [1.54, 1.807) is 0 Å². The topological polar surface area (TPSA) is 55.1 Å². The van der Waals surface area contributed by atoms with Crippen LogP contribution >= 0.6 is 11.3 Å². The second kappa shape index (κ2) is 6.61.